The third-order valence-electron chi connectivity index (χ3n) is 1.07. The van der Waals surface area contributed by atoms with E-state index in [-0.39, 0.29) is 60.2 Å². The lowest BCUT2D eigenvalue weighted by molar-refractivity contribution is 1.55. The Morgan fingerprint density at radius 1 is 0.667 bits per heavy atom. The smallest absolute Gasteiger partial charge is 0.0207 e. The summed E-state index contributed by atoms with van der Waals surface area (Å²) in [6.45, 7) is 0. The molecule has 1 aromatic rings. The van der Waals surface area contributed by atoms with Crippen LogP contribution in [0.5, 0.6) is 0 Å². The minimum Gasteiger partial charge on any atom is -0.0491 e. The molecule has 0 aliphatic rings. The maximum absolute atomic E-state index is 5.83. The Labute approximate surface area is 114 Å². The van der Waals surface area contributed by atoms with E-state index < -0.39 is 0 Å². The van der Waals surface area contributed by atoms with Crippen LogP contribution in [0.25, 0.3) is 0 Å². The van der Waals surface area contributed by atoms with Gasteiger partial charge >= 0.3 is 0 Å². The predicted octanol–water partition coefficient (Wildman–Crippen LogP) is 5.57. The molecule has 3 radical (unpaired) electrons. The van der Waals surface area contributed by atoms with E-state index in [1.807, 2.05) is 0 Å². The van der Waals surface area contributed by atoms with Gasteiger partial charge in [-0.2, -0.15) is 0 Å². The molecule has 12 heavy (non-hydrogen) atoms. The summed E-state index contributed by atoms with van der Waals surface area (Å²) in [5, 5.41) is 0. The molecule has 0 aliphatic carbocycles. The summed E-state index contributed by atoms with van der Waals surface area (Å²) < 4.78 is 3.72. The van der Waals surface area contributed by atoms with Crippen LogP contribution in [0.1, 0.15) is 0 Å². The van der Waals surface area contributed by atoms with Crippen LogP contribution in [-0.4, -0.2) is 0 Å². The van der Waals surface area contributed by atoms with Crippen LogP contribution in [0.2, 0.25) is 0 Å². The molecule has 0 saturated heterocycles. The molecule has 6 heteroatoms. The molecule has 1 rings (SSSR count). The van der Waals surface area contributed by atoms with Crippen molar-refractivity contribution in [3.63, 3.8) is 0 Å². The van der Waals surface area contributed by atoms with Crippen LogP contribution in [0.3, 0.4) is 0 Å². The Morgan fingerprint density at radius 2 is 0.917 bits per heavy atom. The first-order chi connectivity index (χ1) is 5.80. The summed E-state index contributed by atoms with van der Waals surface area (Å²) >= 11 is -1.04. The molecule has 0 heterocycles. The number of benzene rings is 1. The van der Waals surface area contributed by atoms with Gasteiger partial charge in [0.15, 0.2) is 0 Å². The van der Waals surface area contributed by atoms with Crippen LogP contribution in [0.4, 0.5) is 0 Å². The standard InChI is InChI=1S/C6H3Cl3I3/c7-10-4-1-5(11-8)3-6(2-4)12-9/h1-3H. The normalized spacial score (nSPS) is 10.2. The highest BCUT2D eigenvalue weighted by Gasteiger charge is 2.00. The van der Waals surface area contributed by atoms with Crippen LogP contribution >= 0.6 is 87.0 Å². The Bertz CT molecular complexity index is 211. The molecular formula is C6H3Cl3I3. The first-order valence-corrected chi connectivity index (χ1v) is 14.2. The van der Waals surface area contributed by atoms with E-state index in [1.54, 1.807) is 0 Å². The molecule has 0 amide bonds. The second kappa shape index (κ2) is 6.71. The summed E-state index contributed by atoms with van der Waals surface area (Å²) in [6, 6.07) is 6.33. The van der Waals surface area contributed by atoms with Gasteiger partial charge in [0.1, 0.15) is 0 Å². The van der Waals surface area contributed by atoms with Crippen LogP contribution < -0.4 is 0 Å². The highest BCUT2D eigenvalue weighted by Crippen LogP contribution is 2.37. The molecule has 0 aliphatic heterocycles. The zero-order chi connectivity index (χ0) is 8.97. The van der Waals surface area contributed by atoms with Gasteiger partial charge in [-0.05, 0) is 105 Å². The number of halogens is 6. The molecule has 0 atom stereocenters. The second-order valence-corrected chi connectivity index (χ2v) is 9.64. The van der Waals surface area contributed by atoms with Gasteiger partial charge in [-0.1, -0.05) is 0 Å². The third kappa shape index (κ3) is 3.80. The Kier molecular flexibility index (Phi) is 6.90. The van der Waals surface area contributed by atoms with Crippen molar-refractivity contribution < 1.29 is 0 Å². The van der Waals surface area contributed by atoms with E-state index in [4.69, 9.17) is 26.7 Å². The van der Waals surface area contributed by atoms with Crippen LogP contribution in [0.15, 0.2) is 18.2 Å². The van der Waals surface area contributed by atoms with Gasteiger partial charge in [0.2, 0.25) is 0 Å². The van der Waals surface area contributed by atoms with E-state index in [1.165, 1.54) is 10.7 Å². The first kappa shape index (κ1) is 12.4. The molecule has 0 saturated carbocycles. The highest BCUT2D eigenvalue weighted by molar-refractivity contribution is 14.2. The quantitative estimate of drug-likeness (QED) is 0.423. The molecule has 1 aromatic carbocycles. The second-order valence-electron chi connectivity index (χ2n) is 1.80. The molecule has 69 valence electrons. The summed E-state index contributed by atoms with van der Waals surface area (Å²) in [7, 11) is 17.5. The van der Waals surface area contributed by atoms with Crippen molar-refractivity contribution in [2.75, 3.05) is 0 Å². The van der Waals surface area contributed by atoms with Crippen molar-refractivity contribution in [2.45, 2.75) is 0 Å². The highest BCUT2D eigenvalue weighted by atomic mass is 127. The molecule has 0 nitrogen and oxygen atoms in total. The first-order valence-electron chi connectivity index (χ1n) is 2.73. The summed E-state index contributed by atoms with van der Waals surface area (Å²) in [4.78, 5) is 0. The summed E-state index contributed by atoms with van der Waals surface area (Å²) in [5.41, 5.74) is 0. The Balaban J connectivity index is 3.01. The largest absolute Gasteiger partial charge is 0.0491 e. The molecule has 0 aromatic heterocycles. The zero-order valence-corrected chi connectivity index (χ0v) is 14.2. The van der Waals surface area contributed by atoms with Gasteiger partial charge in [-0.25, -0.2) is 0 Å². The van der Waals surface area contributed by atoms with Crippen molar-refractivity contribution >= 4 is 87.0 Å². The van der Waals surface area contributed by atoms with Crippen molar-refractivity contribution in [1.29, 1.82) is 0 Å². The molecule has 0 fully saturated rings. The van der Waals surface area contributed by atoms with Crippen molar-refractivity contribution in [2.24, 2.45) is 0 Å². The van der Waals surface area contributed by atoms with Crippen molar-refractivity contribution in [1.82, 2.24) is 0 Å². The Morgan fingerprint density at radius 3 is 1.08 bits per heavy atom. The lowest BCUT2D eigenvalue weighted by atomic mass is 10.4. The summed E-state index contributed by atoms with van der Waals surface area (Å²) in [5.74, 6) is 0. The summed E-state index contributed by atoms with van der Waals surface area (Å²) in [6.07, 6.45) is 0. The Hall–Kier alpha value is 2.28. The van der Waals surface area contributed by atoms with Gasteiger partial charge < -0.3 is 0 Å². The maximum Gasteiger partial charge on any atom is 0.0207 e. The van der Waals surface area contributed by atoms with Crippen LogP contribution in [-0.2, 0) is 0 Å². The fourth-order valence-electron chi connectivity index (χ4n) is 0.644. The molecule has 0 N–H and O–H groups in total. The van der Waals surface area contributed by atoms with Gasteiger partial charge in [0.25, 0.3) is 0 Å². The lowest BCUT2D eigenvalue weighted by Gasteiger charge is -2.00. The van der Waals surface area contributed by atoms with Crippen molar-refractivity contribution in [3.8, 4) is 0 Å². The predicted molar refractivity (Wildman–Crippen MR) is 82.2 cm³/mol. The number of hydrogen-bond acceptors (Lipinski definition) is 0. The van der Waals surface area contributed by atoms with Gasteiger partial charge in [0, 0.05) is 10.7 Å². The van der Waals surface area contributed by atoms with E-state index >= 15 is 0 Å². The topological polar surface area (TPSA) is 0 Å². The minimum absolute atomic E-state index is 0.346. The molecular weight excluding hydrogens is 559 g/mol. The molecule has 0 bridgehead atoms. The zero-order valence-electron chi connectivity index (χ0n) is 5.50. The lowest BCUT2D eigenvalue weighted by Crippen LogP contribution is -1.80. The minimum atomic E-state index is -0.346. The van der Waals surface area contributed by atoms with Gasteiger partial charge in [-0.3, -0.25) is 0 Å². The third-order valence-corrected chi connectivity index (χ3v) is 7.68. The number of rotatable bonds is 3. The van der Waals surface area contributed by atoms with E-state index in [2.05, 4.69) is 18.2 Å². The number of hydrogen-bond donors (Lipinski definition) is 0. The van der Waals surface area contributed by atoms with E-state index in [9.17, 15) is 0 Å². The monoisotopic (exact) mass is 561 g/mol. The van der Waals surface area contributed by atoms with Crippen LogP contribution in [0, 0.1) is 10.7 Å². The average molecular weight is 562 g/mol. The fraction of sp³-hybridized carbons (Fsp3) is 0. The van der Waals surface area contributed by atoms with E-state index in [0.717, 1.165) is 0 Å². The molecule has 0 unspecified atom stereocenters. The molecule has 0 spiro atoms. The van der Waals surface area contributed by atoms with Crippen molar-refractivity contribution in [3.05, 3.63) is 28.9 Å². The van der Waals surface area contributed by atoms with Gasteiger partial charge in [-0.15, -0.1) is 0 Å². The maximum atomic E-state index is 5.83. The average Bonchev–Trinajstić information content (AvgIpc) is 2.16. The fourth-order valence-corrected chi connectivity index (χ4v) is 6.81. The SMILES string of the molecule is Cl[I]c1cc([I]Cl)cc([I]Cl)c1. The van der Waals surface area contributed by atoms with E-state index in [0.29, 0.717) is 0 Å². The van der Waals surface area contributed by atoms with Gasteiger partial charge in [0.05, 0.1) is 0 Å².